The van der Waals surface area contributed by atoms with Crippen LogP contribution in [0.25, 0.3) is 16.4 Å². The van der Waals surface area contributed by atoms with Crippen molar-refractivity contribution in [1.82, 2.24) is 19.8 Å². The second kappa shape index (κ2) is 5.83. The largest absolute Gasteiger partial charge is 0.398 e. The lowest BCUT2D eigenvalue weighted by Crippen LogP contribution is -2.32. The lowest BCUT2D eigenvalue weighted by molar-refractivity contribution is 0.706. The Morgan fingerprint density at radius 3 is 2.66 bits per heavy atom. The number of nitrogens with zero attached hydrogens (tertiary/aromatic N) is 5. The Morgan fingerprint density at radius 1 is 1.07 bits per heavy atom. The second-order valence-corrected chi connectivity index (χ2v) is 8.25. The highest BCUT2D eigenvalue weighted by Gasteiger charge is 2.31. The van der Waals surface area contributed by atoms with E-state index in [4.69, 9.17) is 16.6 Å². The molecule has 0 atom stereocenters. The number of fused-ring (bicyclic) bond motifs is 4. The topological polar surface area (TPSA) is 98.4 Å². The van der Waals surface area contributed by atoms with E-state index in [0.29, 0.717) is 5.92 Å². The van der Waals surface area contributed by atoms with Gasteiger partial charge in [-0.05, 0) is 48.9 Å². The fourth-order valence-electron chi connectivity index (χ4n) is 4.50. The molecular weight excluding hydrogens is 362 g/mol. The third-order valence-corrected chi connectivity index (χ3v) is 6.38. The van der Waals surface area contributed by atoms with E-state index in [2.05, 4.69) is 39.4 Å². The minimum atomic E-state index is 0.483. The van der Waals surface area contributed by atoms with Crippen LogP contribution in [-0.2, 0) is 13.0 Å². The van der Waals surface area contributed by atoms with Crippen molar-refractivity contribution in [2.75, 3.05) is 22.9 Å². The molecule has 4 N–H and O–H groups in total. The molecule has 1 aliphatic heterocycles. The monoisotopic (exact) mass is 385 g/mol. The van der Waals surface area contributed by atoms with Crippen molar-refractivity contribution in [2.45, 2.75) is 38.6 Å². The summed E-state index contributed by atoms with van der Waals surface area (Å²) in [4.78, 5) is 2.33. The van der Waals surface area contributed by atoms with E-state index in [1.165, 1.54) is 24.0 Å². The Balaban J connectivity index is 1.53. The van der Waals surface area contributed by atoms with Crippen molar-refractivity contribution >= 4 is 33.6 Å². The van der Waals surface area contributed by atoms with Gasteiger partial charge >= 0.3 is 0 Å². The van der Waals surface area contributed by atoms with Gasteiger partial charge in [0.15, 0.2) is 17.3 Å². The standard InChI is InChI=1S/C22H23N7/c1-12-18(23)10-14-11-28(9-8-15(14)19(12)24)22-17-5-3-2-4-16(17)21-26-25-20(13-6-7-13)29(21)27-22/h2-5,10,13H,6-9,11,23-24H2,1H3. The van der Waals surface area contributed by atoms with Gasteiger partial charge in [-0.2, -0.15) is 4.52 Å². The van der Waals surface area contributed by atoms with E-state index < -0.39 is 0 Å². The molecule has 0 spiro atoms. The summed E-state index contributed by atoms with van der Waals surface area (Å²) >= 11 is 0. The number of hydrogen-bond donors (Lipinski definition) is 2. The van der Waals surface area contributed by atoms with E-state index in [-0.39, 0.29) is 0 Å². The average Bonchev–Trinajstić information content (AvgIpc) is 3.50. The number of rotatable bonds is 2. The number of hydrogen-bond acceptors (Lipinski definition) is 6. The molecule has 4 aromatic rings. The van der Waals surface area contributed by atoms with E-state index in [1.54, 1.807) is 0 Å². The fourth-order valence-corrected chi connectivity index (χ4v) is 4.50. The molecule has 0 saturated heterocycles. The van der Waals surface area contributed by atoms with Crippen LogP contribution in [0.15, 0.2) is 30.3 Å². The lowest BCUT2D eigenvalue weighted by Gasteiger charge is -2.32. The molecule has 2 aromatic carbocycles. The molecule has 0 unspecified atom stereocenters. The van der Waals surface area contributed by atoms with Gasteiger partial charge in [0, 0.05) is 41.2 Å². The van der Waals surface area contributed by atoms with Crippen LogP contribution in [0, 0.1) is 6.92 Å². The van der Waals surface area contributed by atoms with Crippen LogP contribution in [0.4, 0.5) is 17.2 Å². The maximum atomic E-state index is 6.36. The molecule has 146 valence electrons. The van der Waals surface area contributed by atoms with Gasteiger partial charge in [-0.3, -0.25) is 0 Å². The van der Waals surface area contributed by atoms with Crippen LogP contribution in [0.1, 0.15) is 41.3 Å². The second-order valence-electron chi connectivity index (χ2n) is 8.25. The quantitative estimate of drug-likeness (QED) is 0.514. The van der Waals surface area contributed by atoms with Gasteiger partial charge in [0.05, 0.1) is 0 Å². The Kier molecular flexibility index (Phi) is 3.33. The smallest absolute Gasteiger partial charge is 0.185 e. The first-order valence-electron chi connectivity index (χ1n) is 10.2. The zero-order valence-electron chi connectivity index (χ0n) is 16.4. The molecule has 29 heavy (non-hydrogen) atoms. The van der Waals surface area contributed by atoms with Gasteiger partial charge in [-0.15, -0.1) is 15.3 Å². The number of aromatic nitrogens is 4. The lowest BCUT2D eigenvalue weighted by atomic mass is 9.94. The highest BCUT2D eigenvalue weighted by molar-refractivity contribution is 6.00. The van der Waals surface area contributed by atoms with Crippen LogP contribution in [0.5, 0.6) is 0 Å². The first-order chi connectivity index (χ1) is 14.1. The van der Waals surface area contributed by atoms with Crippen LogP contribution in [-0.4, -0.2) is 26.4 Å². The number of nitrogens with two attached hydrogens (primary N) is 2. The fraction of sp³-hybridized carbons (Fsp3) is 0.318. The zero-order chi connectivity index (χ0) is 19.7. The molecule has 0 bridgehead atoms. The minimum Gasteiger partial charge on any atom is -0.398 e. The zero-order valence-corrected chi connectivity index (χ0v) is 16.4. The summed E-state index contributed by atoms with van der Waals surface area (Å²) < 4.78 is 1.96. The Morgan fingerprint density at radius 2 is 1.86 bits per heavy atom. The van der Waals surface area contributed by atoms with Gasteiger partial charge in [0.25, 0.3) is 0 Å². The van der Waals surface area contributed by atoms with E-state index in [1.807, 2.05) is 17.5 Å². The van der Waals surface area contributed by atoms with Crippen molar-refractivity contribution in [2.24, 2.45) is 0 Å². The molecule has 1 fully saturated rings. The summed E-state index contributed by atoms with van der Waals surface area (Å²) in [5.74, 6) is 2.43. The Hall–Kier alpha value is -3.35. The molecule has 0 radical (unpaired) electrons. The average molecular weight is 385 g/mol. The van der Waals surface area contributed by atoms with Gasteiger partial charge in [-0.25, -0.2) is 0 Å². The Labute approximate surface area is 168 Å². The predicted molar refractivity (Wildman–Crippen MR) is 115 cm³/mol. The summed E-state index contributed by atoms with van der Waals surface area (Å²) in [7, 11) is 0. The molecule has 3 heterocycles. The number of anilines is 3. The number of benzene rings is 2. The van der Waals surface area contributed by atoms with Gasteiger partial charge in [-0.1, -0.05) is 24.3 Å². The van der Waals surface area contributed by atoms with Crippen LogP contribution < -0.4 is 16.4 Å². The molecule has 2 aliphatic rings. The third kappa shape index (κ3) is 2.40. The van der Waals surface area contributed by atoms with Crippen LogP contribution in [0.2, 0.25) is 0 Å². The SMILES string of the molecule is Cc1c(N)cc2c(c1N)CCN(c1nn3c(C4CC4)nnc3c3ccccc13)C2. The van der Waals surface area contributed by atoms with Crippen LogP contribution >= 0.6 is 0 Å². The first-order valence-corrected chi connectivity index (χ1v) is 10.2. The summed E-state index contributed by atoms with van der Waals surface area (Å²) in [6.07, 6.45) is 3.22. The molecule has 1 aliphatic carbocycles. The van der Waals surface area contributed by atoms with Crippen molar-refractivity contribution in [1.29, 1.82) is 0 Å². The molecule has 7 heteroatoms. The third-order valence-electron chi connectivity index (χ3n) is 6.38. The van der Waals surface area contributed by atoms with E-state index in [9.17, 15) is 0 Å². The van der Waals surface area contributed by atoms with Gasteiger partial charge < -0.3 is 16.4 Å². The summed E-state index contributed by atoms with van der Waals surface area (Å²) in [5, 5.41) is 16.2. The summed E-state index contributed by atoms with van der Waals surface area (Å²) in [6, 6.07) is 10.4. The molecule has 1 saturated carbocycles. The molecular formula is C22H23N7. The van der Waals surface area contributed by atoms with Crippen molar-refractivity contribution in [3.63, 3.8) is 0 Å². The van der Waals surface area contributed by atoms with Gasteiger partial charge in [0.2, 0.25) is 0 Å². The van der Waals surface area contributed by atoms with E-state index in [0.717, 1.165) is 64.5 Å². The molecule has 0 amide bonds. The summed E-state index contributed by atoms with van der Waals surface area (Å²) in [5.41, 5.74) is 18.4. The normalized spacial score (nSPS) is 16.5. The van der Waals surface area contributed by atoms with E-state index >= 15 is 0 Å². The Bertz CT molecular complexity index is 1290. The van der Waals surface area contributed by atoms with Crippen molar-refractivity contribution in [3.05, 3.63) is 52.8 Å². The molecule has 2 aromatic heterocycles. The highest BCUT2D eigenvalue weighted by atomic mass is 15.4. The van der Waals surface area contributed by atoms with Crippen molar-refractivity contribution in [3.8, 4) is 0 Å². The van der Waals surface area contributed by atoms with Gasteiger partial charge in [0.1, 0.15) is 0 Å². The number of nitrogen functional groups attached to an aromatic ring is 2. The molecule has 7 nitrogen and oxygen atoms in total. The minimum absolute atomic E-state index is 0.483. The maximum absolute atomic E-state index is 6.36. The van der Waals surface area contributed by atoms with Crippen LogP contribution in [0.3, 0.4) is 0 Å². The predicted octanol–water partition coefficient (Wildman–Crippen LogP) is 3.19. The molecule has 6 rings (SSSR count). The highest BCUT2D eigenvalue weighted by Crippen LogP contribution is 2.40. The summed E-state index contributed by atoms with van der Waals surface area (Å²) in [6.45, 7) is 3.60. The first kappa shape index (κ1) is 16.6. The van der Waals surface area contributed by atoms with Crippen molar-refractivity contribution < 1.29 is 0 Å². The maximum Gasteiger partial charge on any atom is 0.185 e.